The predicted molar refractivity (Wildman–Crippen MR) is 107 cm³/mol. The Balaban J connectivity index is 1.69. The molecule has 0 N–H and O–H groups in total. The third kappa shape index (κ3) is 4.45. The van der Waals surface area contributed by atoms with E-state index in [1.54, 1.807) is 0 Å². The van der Waals surface area contributed by atoms with Gasteiger partial charge in [0.25, 0.3) is 0 Å². The highest BCUT2D eigenvalue weighted by Gasteiger charge is 2.11. The molecular weight excluding hydrogens is 318 g/mol. The van der Waals surface area contributed by atoms with Gasteiger partial charge in [0.1, 0.15) is 5.78 Å². The van der Waals surface area contributed by atoms with Crippen LogP contribution in [0.1, 0.15) is 42.1 Å². The zero-order valence-corrected chi connectivity index (χ0v) is 15.7. The van der Waals surface area contributed by atoms with Crippen molar-refractivity contribution in [2.75, 3.05) is 0 Å². The summed E-state index contributed by atoms with van der Waals surface area (Å²) in [7, 11) is 0. The molecule has 0 aliphatic carbocycles. The van der Waals surface area contributed by atoms with Crippen LogP contribution in [0.3, 0.4) is 0 Å². The maximum absolute atomic E-state index is 12.5. The summed E-state index contributed by atoms with van der Waals surface area (Å²) in [5.41, 5.74) is 6.79. The average Bonchev–Trinajstić information content (AvgIpc) is 2.62. The number of ketones is 1. The fourth-order valence-corrected chi connectivity index (χ4v) is 3.30. The molecule has 0 aliphatic heterocycles. The van der Waals surface area contributed by atoms with E-state index >= 15 is 0 Å². The van der Waals surface area contributed by atoms with Gasteiger partial charge in [0.15, 0.2) is 0 Å². The minimum absolute atomic E-state index is 0.255. The van der Waals surface area contributed by atoms with Crippen molar-refractivity contribution in [1.29, 1.82) is 0 Å². The van der Waals surface area contributed by atoms with Crippen molar-refractivity contribution in [1.82, 2.24) is 4.98 Å². The molecule has 0 spiro atoms. The van der Waals surface area contributed by atoms with Crippen molar-refractivity contribution in [3.05, 3.63) is 89.2 Å². The summed E-state index contributed by atoms with van der Waals surface area (Å²) in [5.74, 6) is 0.688. The number of carbonyl (C=O) groups excluding carboxylic acids is 1. The van der Waals surface area contributed by atoms with Gasteiger partial charge in [0.05, 0.1) is 0 Å². The molecule has 0 saturated heterocycles. The lowest BCUT2D eigenvalue weighted by molar-refractivity contribution is -0.117. The standard InChI is InChI=1S/C24H25NO/c1-17(2)24-7-5-4-6-22(24)16-23(26)15-19-8-10-20(11-9-19)21-12-13-25-18(3)14-21/h4-14,17H,15-16H2,1-3H3. The van der Waals surface area contributed by atoms with Crippen LogP contribution in [-0.4, -0.2) is 10.8 Å². The lowest BCUT2D eigenvalue weighted by Gasteiger charge is -2.12. The number of rotatable bonds is 6. The lowest BCUT2D eigenvalue weighted by atomic mass is 9.93. The summed E-state index contributed by atoms with van der Waals surface area (Å²) in [4.78, 5) is 16.8. The second-order valence-corrected chi connectivity index (χ2v) is 7.13. The molecule has 26 heavy (non-hydrogen) atoms. The van der Waals surface area contributed by atoms with Gasteiger partial charge in [-0.25, -0.2) is 0 Å². The Morgan fingerprint density at radius 1 is 0.923 bits per heavy atom. The van der Waals surface area contributed by atoms with Crippen LogP contribution in [0.25, 0.3) is 11.1 Å². The van der Waals surface area contributed by atoms with Crippen LogP contribution in [0, 0.1) is 6.92 Å². The molecule has 0 saturated carbocycles. The van der Waals surface area contributed by atoms with Crippen LogP contribution >= 0.6 is 0 Å². The van der Waals surface area contributed by atoms with Crippen molar-refractivity contribution < 1.29 is 4.79 Å². The van der Waals surface area contributed by atoms with Crippen LogP contribution < -0.4 is 0 Å². The van der Waals surface area contributed by atoms with Crippen molar-refractivity contribution in [2.24, 2.45) is 0 Å². The highest BCUT2D eigenvalue weighted by Crippen LogP contribution is 2.22. The van der Waals surface area contributed by atoms with Gasteiger partial charge in [-0.3, -0.25) is 9.78 Å². The summed E-state index contributed by atoms with van der Waals surface area (Å²) >= 11 is 0. The van der Waals surface area contributed by atoms with E-state index in [4.69, 9.17) is 0 Å². The smallest absolute Gasteiger partial charge is 0.141 e. The molecule has 0 fully saturated rings. The normalized spacial score (nSPS) is 10.9. The molecular formula is C24H25NO. The molecule has 132 valence electrons. The third-order valence-electron chi connectivity index (χ3n) is 4.65. The molecule has 3 rings (SSSR count). The summed E-state index contributed by atoms with van der Waals surface area (Å²) in [6.45, 7) is 6.33. The molecule has 0 unspecified atom stereocenters. The maximum atomic E-state index is 12.5. The van der Waals surface area contributed by atoms with Crippen LogP contribution in [0.4, 0.5) is 0 Å². The monoisotopic (exact) mass is 343 g/mol. The Morgan fingerprint density at radius 2 is 1.65 bits per heavy atom. The van der Waals surface area contributed by atoms with Crippen LogP contribution in [0.2, 0.25) is 0 Å². The van der Waals surface area contributed by atoms with Crippen LogP contribution in [0.5, 0.6) is 0 Å². The van der Waals surface area contributed by atoms with Crippen LogP contribution in [-0.2, 0) is 17.6 Å². The highest BCUT2D eigenvalue weighted by molar-refractivity contribution is 5.83. The SMILES string of the molecule is Cc1cc(-c2ccc(CC(=O)Cc3ccccc3C(C)C)cc2)ccn1. The molecule has 2 aromatic carbocycles. The van der Waals surface area contributed by atoms with Crippen molar-refractivity contribution in [2.45, 2.75) is 39.5 Å². The first kappa shape index (κ1) is 18.1. The van der Waals surface area contributed by atoms with E-state index in [9.17, 15) is 4.79 Å². The van der Waals surface area contributed by atoms with Crippen molar-refractivity contribution in [3.8, 4) is 11.1 Å². The first-order valence-electron chi connectivity index (χ1n) is 9.14. The highest BCUT2D eigenvalue weighted by atomic mass is 16.1. The van der Waals surface area contributed by atoms with E-state index in [1.807, 2.05) is 31.3 Å². The van der Waals surface area contributed by atoms with E-state index in [0.29, 0.717) is 18.8 Å². The molecule has 0 amide bonds. The Hall–Kier alpha value is -2.74. The number of hydrogen-bond acceptors (Lipinski definition) is 2. The minimum atomic E-state index is 0.255. The van der Waals surface area contributed by atoms with E-state index < -0.39 is 0 Å². The summed E-state index contributed by atoms with van der Waals surface area (Å²) in [6.07, 6.45) is 2.80. The second-order valence-electron chi connectivity index (χ2n) is 7.13. The van der Waals surface area contributed by atoms with Crippen molar-refractivity contribution in [3.63, 3.8) is 0 Å². The second kappa shape index (κ2) is 8.09. The number of aromatic nitrogens is 1. The number of aryl methyl sites for hydroxylation is 1. The fourth-order valence-electron chi connectivity index (χ4n) is 3.30. The predicted octanol–water partition coefficient (Wildman–Crippen LogP) is 5.53. The zero-order chi connectivity index (χ0) is 18.5. The Morgan fingerprint density at radius 3 is 2.35 bits per heavy atom. The maximum Gasteiger partial charge on any atom is 0.141 e. The molecule has 0 radical (unpaired) electrons. The van der Waals surface area contributed by atoms with Crippen molar-refractivity contribution >= 4 is 5.78 Å². The zero-order valence-electron chi connectivity index (χ0n) is 15.7. The molecule has 3 aromatic rings. The quantitative estimate of drug-likeness (QED) is 0.588. The van der Waals surface area contributed by atoms with Gasteiger partial charge in [0, 0.05) is 24.7 Å². The largest absolute Gasteiger partial charge is 0.299 e. The Kier molecular flexibility index (Phi) is 5.62. The topological polar surface area (TPSA) is 30.0 Å². The van der Waals surface area contributed by atoms with Gasteiger partial charge in [-0.1, -0.05) is 62.4 Å². The first-order chi connectivity index (χ1) is 12.5. The van der Waals surface area contributed by atoms with Gasteiger partial charge in [-0.05, 0) is 52.8 Å². The van der Waals surface area contributed by atoms with Gasteiger partial charge in [-0.15, -0.1) is 0 Å². The number of benzene rings is 2. The molecule has 0 aliphatic rings. The fraction of sp³-hybridized carbons (Fsp3) is 0.250. The summed E-state index contributed by atoms with van der Waals surface area (Å²) < 4.78 is 0. The number of nitrogens with zero attached hydrogens (tertiary/aromatic N) is 1. The molecule has 0 atom stereocenters. The number of hydrogen-bond donors (Lipinski definition) is 0. The van der Waals surface area contributed by atoms with E-state index in [0.717, 1.165) is 27.9 Å². The summed E-state index contributed by atoms with van der Waals surface area (Å²) in [5, 5.41) is 0. The van der Waals surface area contributed by atoms with E-state index in [2.05, 4.69) is 61.3 Å². The molecule has 1 aromatic heterocycles. The van der Waals surface area contributed by atoms with Gasteiger partial charge in [0.2, 0.25) is 0 Å². The Bertz CT molecular complexity index is 894. The molecule has 2 nitrogen and oxygen atoms in total. The molecule has 0 bridgehead atoms. The first-order valence-corrected chi connectivity index (χ1v) is 9.14. The summed E-state index contributed by atoms with van der Waals surface area (Å²) in [6, 6.07) is 20.6. The number of Topliss-reactive ketones (excluding diaryl/α,β-unsaturated/α-hetero) is 1. The number of pyridine rings is 1. The lowest BCUT2D eigenvalue weighted by Crippen LogP contribution is -2.09. The van der Waals surface area contributed by atoms with Gasteiger partial charge >= 0.3 is 0 Å². The Labute approximate surface area is 155 Å². The van der Waals surface area contributed by atoms with E-state index in [1.165, 1.54) is 5.56 Å². The van der Waals surface area contributed by atoms with Crippen LogP contribution in [0.15, 0.2) is 66.9 Å². The molecule has 2 heteroatoms. The number of carbonyl (C=O) groups is 1. The molecule has 1 heterocycles. The van der Waals surface area contributed by atoms with Gasteiger partial charge < -0.3 is 0 Å². The minimum Gasteiger partial charge on any atom is -0.299 e. The average molecular weight is 343 g/mol. The third-order valence-corrected chi connectivity index (χ3v) is 4.65. The van der Waals surface area contributed by atoms with E-state index in [-0.39, 0.29) is 5.78 Å². The van der Waals surface area contributed by atoms with Gasteiger partial charge in [-0.2, -0.15) is 0 Å².